The molecule has 5 nitrogen and oxygen atoms in total. The number of amides is 1. The second-order valence-electron chi connectivity index (χ2n) is 4.82. The molecule has 5 N–H and O–H groups in total. The van der Waals surface area contributed by atoms with Crippen molar-refractivity contribution in [3.8, 4) is 0 Å². The number of aliphatic hydroxyl groups excluding tert-OH is 1. The summed E-state index contributed by atoms with van der Waals surface area (Å²) in [5.41, 5.74) is 7.58. The molecule has 0 saturated carbocycles. The van der Waals surface area contributed by atoms with Crippen LogP contribution in [0.5, 0.6) is 0 Å². The van der Waals surface area contributed by atoms with Crippen LogP contribution in [0, 0.1) is 0 Å². The summed E-state index contributed by atoms with van der Waals surface area (Å²) < 4.78 is 24.2. The topological polar surface area (TPSA) is 91.1 Å². The average molecular weight is 297 g/mol. The molecule has 2 aromatic rings. The molecule has 1 amide bonds. The molecule has 1 aromatic heterocycles. The molecular formula is C14H17F2N3O2. The van der Waals surface area contributed by atoms with Gasteiger partial charge in [0.15, 0.2) is 0 Å². The third kappa shape index (κ3) is 3.77. The number of nitrogens with two attached hydrogens (primary N) is 1. The van der Waals surface area contributed by atoms with Gasteiger partial charge >= 0.3 is 0 Å². The maximum Gasteiger partial charge on any atom is 0.265 e. The highest BCUT2D eigenvalue weighted by molar-refractivity contribution is 5.86. The van der Waals surface area contributed by atoms with Gasteiger partial charge in [-0.2, -0.15) is 0 Å². The van der Waals surface area contributed by atoms with Crippen LogP contribution in [0.25, 0.3) is 10.9 Å². The summed E-state index contributed by atoms with van der Waals surface area (Å²) in [4.78, 5) is 14.8. The van der Waals surface area contributed by atoms with Crippen molar-refractivity contribution in [3.05, 3.63) is 36.0 Å². The van der Waals surface area contributed by atoms with E-state index in [9.17, 15) is 13.6 Å². The van der Waals surface area contributed by atoms with Gasteiger partial charge < -0.3 is 21.1 Å². The highest BCUT2D eigenvalue weighted by atomic mass is 19.3. The molecule has 0 aliphatic carbocycles. The van der Waals surface area contributed by atoms with Crippen molar-refractivity contribution in [1.82, 2.24) is 10.3 Å². The fourth-order valence-electron chi connectivity index (χ4n) is 2.06. The number of benzene rings is 1. The second-order valence-corrected chi connectivity index (χ2v) is 4.82. The first-order chi connectivity index (χ1) is 9.99. The zero-order valence-electron chi connectivity index (χ0n) is 11.2. The number of aromatic nitrogens is 1. The summed E-state index contributed by atoms with van der Waals surface area (Å²) in [5.74, 6) is -0.569. The molecule has 2 rings (SSSR count). The number of hydrogen-bond acceptors (Lipinski definition) is 3. The Kier molecular flexibility index (Phi) is 4.87. The number of carbonyl (C=O) groups excluding carboxylic acids is 1. The van der Waals surface area contributed by atoms with E-state index in [-0.39, 0.29) is 6.42 Å². The predicted octanol–water partition coefficient (Wildman–Crippen LogP) is 0.780. The summed E-state index contributed by atoms with van der Waals surface area (Å²) in [6, 6.07) is 6.72. The Labute approximate surface area is 120 Å². The SMILES string of the molecule is NC(Cc1c[nH]c2ccccc12)C(=O)NCC(O)C(F)F. The Balaban J connectivity index is 1.94. The molecule has 1 heterocycles. The molecule has 0 spiro atoms. The number of hydrogen-bond donors (Lipinski definition) is 4. The summed E-state index contributed by atoms with van der Waals surface area (Å²) in [5, 5.41) is 12.1. The van der Waals surface area contributed by atoms with Gasteiger partial charge in [-0.3, -0.25) is 4.79 Å². The highest BCUT2D eigenvalue weighted by Crippen LogP contribution is 2.18. The van der Waals surface area contributed by atoms with Gasteiger partial charge in [0.25, 0.3) is 6.43 Å². The maximum absolute atomic E-state index is 12.1. The lowest BCUT2D eigenvalue weighted by molar-refractivity contribution is -0.123. The van der Waals surface area contributed by atoms with Crippen molar-refractivity contribution >= 4 is 16.8 Å². The third-order valence-electron chi connectivity index (χ3n) is 3.23. The van der Waals surface area contributed by atoms with Crippen LogP contribution in [0.1, 0.15) is 5.56 Å². The maximum atomic E-state index is 12.1. The van der Waals surface area contributed by atoms with E-state index in [1.807, 2.05) is 24.3 Å². The van der Waals surface area contributed by atoms with Gasteiger partial charge in [-0.1, -0.05) is 18.2 Å². The lowest BCUT2D eigenvalue weighted by Gasteiger charge is -2.14. The van der Waals surface area contributed by atoms with Crippen molar-refractivity contribution in [1.29, 1.82) is 0 Å². The number of carbonyl (C=O) groups is 1. The lowest BCUT2D eigenvalue weighted by atomic mass is 10.1. The largest absolute Gasteiger partial charge is 0.385 e. The summed E-state index contributed by atoms with van der Waals surface area (Å²) >= 11 is 0. The van der Waals surface area contributed by atoms with Gasteiger partial charge in [-0.15, -0.1) is 0 Å². The van der Waals surface area contributed by atoms with E-state index in [2.05, 4.69) is 10.3 Å². The number of halogens is 2. The lowest BCUT2D eigenvalue weighted by Crippen LogP contribution is -2.45. The van der Waals surface area contributed by atoms with Crippen molar-refractivity contribution in [2.45, 2.75) is 25.0 Å². The monoisotopic (exact) mass is 297 g/mol. The number of aromatic amines is 1. The molecule has 114 valence electrons. The average Bonchev–Trinajstić information content (AvgIpc) is 2.87. The highest BCUT2D eigenvalue weighted by Gasteiger charge is 2.20. The quantitative estimate of drug-likeness (QED) is 0.635. The Morgan fingerprint density at radius 1 is 1.38 bits per heavy atom. The number of para-hydroxylation sites is 1. The van der Waals surface area contributed by atoms with Gasteiger partial charge in [0.2, 0.25) is 5.91 Å². The van der Waals surface area contributed by atoms with Crippen molar-refractivity contribution in [3.63, 3.8) is 0 Å². The summed E-state index contributed by atoms with van der Waals surface area (Å²) in [6.07, 6.45) is -2.73. The third-order valence-corrected chi connectivity index (χ3v) is 3.23. The minimum Gasteiger partial charge on any atom is -0.385 e. The van der Waals surface area contributed by atoms with Crippen LogP contribution in [0.15, 0.2) is 30.5 Å². The number of H-pyrrole nitrogens is 1. The van der Waals surface area contributed by atoms with E-state index in [0.717, 1.165) is 16.5 Å². The van der Waals surface area contributed by atoms with Crippen molar-refractivity contribution in [2.75, 3.05) is 6.54 Å². The van der Waals surface area contributed by atoms with Gasteiger partial charge in [-0.05, 0) is 18.1 Å². The Hall–Kier alpha value is -1.99. The predicted molar refractivity (Wildman–Crippen MR) is 75.0 cm³/mol. The molecule has 2 atom stereocenters. The first kappa shape index (κ1) is 15.4. The van der Waals surface area contributed by atoms with Gasteiger partial charge in [0.05, 0.1) is 6.04 Å². The van der Waals surface area contributed by atoms with E-state index in [1.165, 1.54) is 0 Å². The molecule has 0 bridgehead atoms. The molecule has 0 saturated heterocycles. The number of nitrogens with one attached hydrogen (secondary N) is 2. The molecule has 0 aliphatic heterocycles. The number of alkyl halides is 2. The molecule has 0 radical (unpaired) electrons. The van der Waals surface area contributed by atoms with Crippen LogP contribution in [0.2, 0.25) is 0 Å². The first-order valence-corrected chi connectivity index (χ1v) is 6.53. The van der Waals surface area contributed by atoms with E-state index >= 15 is 0 Å². The molecule has 1 aromatic carbocycles. The van der Waals surface area contributed by atoms with Gasteiger partial charge in [0.1, 0.15) is 6.10 Å². The van der Waals surface area contributed by atoms with Crippen LogP contribution >= 0.6 is 0 Å². The fraction of sp³-hybridized carbons (Fsp3) is 0.357. The van der Waals surface area contributed by atoms with Gasteiger partial charge in [-0.25, -0.2) is 8.78 Å². The molecule has 21 heavy (non-hydrogen) atoms. The van der Waals surface area contributed by atoms with E-state index < -0.39 is 31.0 Å². The fourth-order valence-corrected chi connectivity index (χ4v) is 2.06. The van der Waals surface area contributed by atoms with Crippen LogP contribution in [-0.4, -0.2) is 41.1 Å². The number of rotatable bonds is 6. The Morgan fingerprint density at radius 2 is 2.10 bits per heavy atom. The Bertz CT molecular complexity index is 615. The molecule has 0 fully saturated rings. The zero-order valence-corrected chi connectivity index (χ0v) is 11.2. The first-order valence-electron chi connectivity index (χ1n) is 6.53. The van der Waals surface area contributed by atoms with E-state index in [1.54, 1.807) is 6.20 Å². The molecular weight excluding hydrogens is 280 g/mol. The Morgan fingerprint density at radius 3 is 2.81 bits per heavy atom. The zero-order chi connectivity index (χ0) is 15.4. The van der Waals surface area contributed by atoms with Crippen molar-refractivity contribution in [2.24, 2.45) is 5.73 Å². The van der Waals surface area contributed by atoms with E-state index in [0.29, 0.717) is 0 Å². The minimum atomic E-state index is -2.89. The van der Waals surface area contributed by atoms with Crippen molar-refractivity contribution < 1.29 is 18.7 Å². The molecule has 2 unspecified atom stereocenters. The van der Waals surface area contributed by atoms with Crippen LogP contribution < -0.4 is 11.1 Å². The van der Waals surface area contributed by atoms with E-state index in [4.69, 9.17) is 10.8 Å². The summed E-state index contributed by atoms with van der Waals surface area (Å²) in [6.45, 7) is -0.516. The van der Waals surface area contributed by atoms with Crippen LogP contribution in [0.4, 0.5) is 8.78 Å². The van der Waals surface area contributed by atoms with Crippen LogP contribution in [0.3, 0.4) is 0 Å². The molecule has 0 aliphatic rings. The number of aliphatic hydroxyl groups is 1. The van der Waals surface area contributed by atoms with Gasteiger partial charge in [0, 0.05) is 23.6 Å². The molecule has 7 heteroatoms. The smallest absolute Gasteiger partial charge is 0.265 e. The normalized spacial score (nSPS) is 14.3. The number of fused-ring (bicyclic) bond motifs is 1. The summed E-state index contributed by atoms with van der Waals surface area (Å²) in [7, 11) is 0. The standard InChI is InChI=1S/C14H17F2N3O2/c15-13(16)12(20)7-19-14(21)10(17)5-8-6-18-11-4-2-1-3-9(8)11/h1-4,6,10,12-13,18,20H,5,7,17H2,(H,19,21). The van der Waals surface area contributed by atoms with Crippen LogP contribution in [-0.2, 0) is 11.2 Å². The minimum absolute atomic E-state index is 0.278. The second kappa shape index (κ2) is 6.64.